The van der Waals surface area contributed by atoms with Crippen LogP contribution in [0.15, 0.2) is 55.1 Å². The number of rotatable bonds is 3. The maximum Gasteiger partial charge on any atom is 0.199 e. The zero-order chi connectivity index (χ0) is 18.3. The molecule has 0 aliphatic rings. The molecule has 5 nitrogen and oxygen atoms in total. The Balaban J connectivity index is 1.88. The van der Waals surface area contributed by atoms with E-state index < -0.39 is 11.6 Å². The van der Waals surface area contributed by atoms with Crippen LogP contribution >= 0.6 is 11.6 Å². The van der Waals surface area contributed by atoms with Gasteiger partial charge in [0.25, 0.3) is 0 Å². The van der Waals surface area contributed by atoms with Crippen LogP contribution in [0.2, 0.25) is 5.02 Å². The smallest absolute Gasteiger partial charge is 0.199 e. The molecule has 0 amide bonds. The van der Waals surface area contributed by atoms with E-state index >= 15 is 0 Å². The molecule has 0 spiro atoms. The molecule has 0 unspecified atom stereocenters. The van der Waals surface area contributed by atoms with Gasteiger partial charge in [0.2, 0.25) is 0 Å². The first kappa shape index (κ1) is 16.2. The van der Waals surface area contributed by atoms with E-state index in [-0.39, 0.29) is 21.8 Å². The van der Waals surface area contributed by atoms with Crippen LogP contribution < -0.4 is 5.73 Å². The van der Waals surface area contributed by atoms with Crippen LogP contribution in [0.1, 0.15) is 15.9 Å². The number of anilines is 1. The van der Waals surface area contributed by atoms with Gasteiger partial charge in [-0.2, -0.15) is 0 Å². The number of nitrogens with two attached hydrogens (primary N) is 1. The number of halogens is 2. The van der Waals surface area contributed by atoms with Gasteiger partial charge in [-0.1, -0.05) is 17.7 Å². The second-order valence-electron chi connectivity index (χ2n) is 5.72. The fraction of sp³-hybridized carbons (Fsp3) is 0. The molecule has 128 valence electrons. The number of aromatic amines is 1. The fourth-order valence-electron chi connectivity index (χ4n) is 2.79. The molecule has 0 bridgehead atoms. The predicted molar refractivity (Wildman–Crippen MR) is 98.6 cm³/mol. The number of aromatic nitrogens is 3. The molecule has 0 aliphatic heterocycles. The molecule has 1 aromatic carbocycles. The van der Waals surface area contributed by atoms with Gasteiger partial charge in [-0.3, -0.25) is 9.78 Å². The summed E-state index contributed by atoms with van der Waals surface area (Å²) < 4.78 is 14.4. The number of fused-ring (bicyclic) bond motifs is 1. The van der Waals surface area contributed by atoms with Crippen molar-refractivity contribution >= 4 is 34.1 Å². The number of carbonyl (C=O) groups is 1. The molecular formula is C19H12ClFN4O. The maximum absolute atomic E-state index is 14.4. The van der Waals surface area contributed by atoms with Crippen molar-refractivity contribution in [3.63, 3.8) is 0 Å². The van der Waals surface area contributed by atoms with Crippen molar-refractivity contribution in [3.05, 3.63) is 77.1 Å². The topological polar surface area (TPSA) is 84.7 Å². The molecule has 0 radical (unpaired) electrons. The van der Waals surface area contributed by atoms with Crippen LogP contribution in [-0.2, 0) is 0 Å². The number of H-pyrrole nitrogens is 1. The molecule has 4 aromatic rings. The minimum Gasteiger partial charge on any atom is -0.396 e. The lowest BCUT2D eigenvalue weighted by atomic mass is 10.0. The summed E-state index contributed by atoms with van der Waals surface area (Å²) in [6.07, 6.45) is 6.54. The number of ketones is 1. The molecule has 0 atom stereocenters. The van der Waals surface area contributed by atoms with Crippen molar-refractivity contribution in [2.24, 2.45) is 0 Å². The summed E-state index contributed by atoms with van der Waals surface area (Å²) >= 11 is 6.04. The van der Waals surface area contributed by atoms with Gasteiger partial charge in [-0.25, -0.2) is 9.37 Å². The Bertz CT molecular complexity index is 1140. The Kier molecular flexibility index (Phi) is 3.89. The lowest BCUT2D eigenvalue weighted by molar-refractivity contribution is 0.103. The van der Waals surface area contributed by atoms with Crippen LogP contribution in [0.3, 0.4) is 0 Å². The van der Waals surface area contributed by atoms with Crippen molar-refractivity contribution < 1.29 is 9.18 Å². The molecule has 0 fully saturated rings. The second-order valence-corrected chi connectivity index (χ2v) is 6.13. The average molecular weight is 367 g/mol. The highest BCUT2D eigenvalue weighted by Gasteiger charge is 2.23. The molecule has 4 rings (SSSR count). The van der Waals surface area contributed by atoms with Gasteiger partial charge in [0.05, 0.1) is 16.3 Å². The summed E-state index contributed by atoms with van der Waals surface area (Å²) in [6, 6.07) is 8.23. The highest BCUT2D eigenvalue weighted by atomic mass is 35.5. The average Bonchev–Trinajstić information content (AvgIpc) is 3.09. The van der Waals surface area contributed by atoms with Crippen LogP contribution in [0.4, 0.5) is 10.1 Å². The van der Waals surface area contributed by atoms with Crippen LogP contribution in [0.5, 0.6) is 0 Å². The lowest BCUT2D eigenvalue weighted by Crippen LogP contribution is -2.07. The van der Waals surface area contributed by atoms with Gasteiger partial charge in [0.15, 0.2) is 11.6 Å². The summed E-state index contributed by atoms with van der Waals surface area (Å²) in [5.74, 6) is -1.38. The lowest BCUT2D eigenvalue weighted by Gasteiger charge is -2.07. The minimum atomic E-state index is -0.826. The molecule has 7 heteroatoms. The summed E-state index contributed by atoms with van der Waals surface area (Å²) in [7, 11) is 0. The standard InChI is InChI=1S/C19H12ClFN4O/c20-14-3-4-15(22)17(21)16(14)18(26)13-9-25-19-12(13)6-11(8-24-19)10-2-1-5-23-7-10/h1-9H,22H2,(H,24,25). The van der Waals surface area contributed by atoms with E-state index in [0.29, 0.717) is 11.0 Å². The summed E-state index contributed by atoms with van der Waals surface area (Å²) in [5, 5.41) is 0.571. The number of hydrogen-bond donors (Lipinski definition) is 2. The van der Waals surface area contributed by atoms with Gasteiger partial charge in [0, 0.05) is 46.9 Å². The van der Waals surface area contributed by atoms with Gasteiger partial charge < -0.3 is 10.7 Å². The molecule has 26 heavy (non-hydrogen) atoms. The first-order valence-corrected chi connectivity index (χ1v) is 8.10. The normalized spacial score (nSPS) is 11.0. The number of nitrogens with zero attached hydrogens (tertiary/aromatic N) is 2. The third kappa shape index (κ3) is 2.60. The largest absolute Gasteiger partial charge is 0.396 e. The second kappa shape index (κ2) is 6.24. The maximum atomic E-state index is 14.4. The van der Waals surface area contributed by atoms with Gasteiger partial charge >= 0.3 is 0 Å². The zero-order valence-electron chi connectivity index (χ0n) is 13.3. The van der Waals surface area contributed by atoms with Crippen molar-refractivity contribution in [1.29, 1.82) is 0 Å². The van der Waals surface area contributed by atoms with E-state index in [1.165, 1.54) is 18.3 Å². The third-order valence-electron chi connectivity index (χ3n) is 4.12. The minimum absolute atomic E-state index is 0.00687. The Morgan fingerprint density at radius 3 is 2.81 bits per heavy atom. The number of carbonyl (C=O) groups excluding carboxylic acids is 1. The Morgan fingerprint density at radius 1 is 1.19 bits per heavy atom. The quantitative estimate of drug-likeness (QED) is 0.419. The first-order chi connectivity index (χ1) is 12.6. The van der Waals surface area contributed by atoms with Crippen LogP contribution in [-0.4, -0.2) is 20.7 Å². The van der Waals surface area contributed by atoms with Crippen LogP contribution in [0.25, 0.3) is 22.2 Å². The van der Waals surface area contributed by atoms with E-state index in [1.807, 2.05) is 12.1 Å². The van der Waals surface area contributed by atoms with Crippen molar-refractivity contribution in [2.75, 3.05) is 5.73 Å². The molecule has 0 aliphatic carbocycles. The fourth-order valence-corrected chi connectivity index (χ4v) is 3.03. The number of hydrogen-bond acceptors (Lipinski definition) is 4. The number of nitrogen functional groups attached to an aromatic ring is 1. The van der Waals surface area contributed by atoms with E-state index in [0.717, 1.165) is 11.1 Å². The summed E-state index contributed by atoms with van der Waals surface area (Å²) in [6.45, 7) is 0. The predicted octanol–water partition coefficient (Wildman–Crippen LogP) is 4.23. The van der Waals surface area contributed by atoms with Gasteiger partial charge in [0.1, 0.15) is 5.65 Å². The molecule has 0 saturated carbocycles. The summed E-state index contributed by atoms with van der Waals surface area (Å²) in [5.41, 5.74) is 7.63. The van der Waals surface area contributed by atoms with Gasteiger partial charge in [-0.05, 0) is 24.3 Å². The number of pyridine rings is 2. The zero-order valence-corrected chi connectivity index (χ0v) is 14.1. The van der Waals surface area contributed by atoms with Crippen molar-refractivity contribution in [2.45, 2.75) is 0 Å². The third-order valence-corrected chi connectivity index (χ3v) is 4.43. The van der Waals surface area contributed by atoms with Crippen LogP contribution in [0, 0.1) is 5.82 Å². The van der Waals surface area contributed by atoms with Gasteiger partial charge in [-0.15, -0.1) is 0 Å². The van der Waals surface area contributed by atoms with E-state index in [9.17, 15) is 9.18 Å². The highest BCUT2D eigenvalue weighted by molar-refractivity contribution is 6.35. The van der Waals surface area contributed by atoms with Crippen molar-refractivity contribution in [3.8, 4) is 11.1 Å². The molecule has 3 heterocycles. The Hall–Kier alpha value is -3.25. The SMILES string of the molecule is Nc1ccc(Cl)c(C(=O)c2c[nH]c3ncc(-c4cccnc4)cc23)c1F. The van der Waals surface area contributed by atoms with E-state index in [4.69, 9.17) is 17.3 Å². The number of nitrogens with one attached hydrogen (secondary N) is 1. The monoisotopic (exact) mass is 366 g/mol. The van der Waals surface area contributed by atoms with E-state index in [1.54, 1.807) is 24.7 Å². The molecule has 3 N–H and O–H groups in total. The molecular weight excluding hydrogens is 355 g/mol. The first-order valence-electron chi connectivity index (χ1n) is 7.72. The molecule has 0 saturated heterocycles. The highest BCUT2D eigenvalue weighted by Crippen LogP contribution is 2.30. The number of benzene rings is 1. The Morgan fingerprint density at radius 2 is 2.04 bits per heavy atom. The Labute approximate surface area is 152 Å². The van der Waals surface area contributed by atoms with Crippen molar-refractivity contribution in [1.82, 2.24) is 15.0 Å². The van der Waals surface area contributed by atoms with E-state index in [2.05, 4.69) is 15.0 Å². The summed E-state index contributed by atoms with van der Waals surface area (Å²) in [4.78, 5) is 24.3. The molecule has 3 aromatic heterocycles.